The summed E-state index contributed by atoms with van der Waals surface area (Å²) in [6, 6.07) is 1.53. The molecule has 1 aliphatic heterocycles. The van der Waals surface area contributed by atoms with Crippen molar-refractivity contribution < 1.29 is 14.0 Å². The SMILES string of the molecule is C#CCNC(=O)C(C)N1CCN(C(=O)c2cc(C)oc2C)CC1. The molecule has 6 heteroatoms. The van der Waals surface area contributed by atoms with Crippen molar-refractivity contribution in [3.63, 3.8) is 0 Å². The highest BCUT2D eigenvalue weighted by Crippen LogP contribution is 2.17. The molecule has 0 spiro atoms. The molecule has 0 aromatic carbocycles. The lowest BCUT2D eigenvalue weighted by Crippen LogP contribution is -2.55. The molecule has 2 heterocycles. The second-order valence-corrected chi connectivity index (χ2v) is 5.75. The van der Waals surface area contributed by atoms with Crippen LogP contribution in [0.3, 0.4) is 0 Å². The van der Waals surface area contributed by atoms with E-state index in [1.165, 1.54) is 0 Å². The van der Waals surface area contributed by atoms with Gasteiger partial charge in [0.05, 0.1) is 18.2 Å². The van der Waals surface area contributed by atoms with Crippen LogP contribution in [0.2, 0.25) is 0 Å². The average Bonchev–Trinajstić information content (AvgIpc) is 2.89. The summed E-state index contributed by atoms with van der Waals surface area (Å²) >= 11 is 0. The summed E-state index contributed by atoms with van der Waals surface area (Å²) in [4.78, 5) is 28.3. The molecule has 1 aromatic heterocycles. The molecule has 124 valence electrons. The molecule has 23 heavy (non-hydrogen) atoms. The maximum absolute atomic E-state index is 12.5. The van der Waals surface area contributed by atoms with E-state index in [9.17, 15) is 9.59 Å². The number of rotatable bonds is 4. The molecule has 1 unspecified atom stereocenters. The maximum atomic E-state index is 12.5. The number of amides is 2. The van der Waals surface area contributed by atoms with E-state index in [2.05, 4.69) is 16.1 Å². The lowest BCUT2D eigenvalue weighted by molar-refractivity contribution is -0.126. The highest BCUT2D eigenvalue weighted by atomic mass is 16.3. The second-order valence-electron chi connectivity index (χ2n) is 5.75. The number of furan rings is 1. The topological polar surface area (TPSA) is 65.8 Å². The molecule has 2 rings (SSSR count). The van der Waals surface area contributed by atoms with E-state index in [-0.39, 0.29) is 24.4 Å². The third-order valence-electron chi connectivity index (χ3n) is 4.16. The van der Waals surface area contributed by atoms with Crippen molar-refractivity contribution in [3.8, 4) is 12.3 Å². The van der Waals surface area contributed by atoms with Gasteiger partial charge in [0.2, 0.25) is 5.91 Å². The minimum absolute atomic E-state index is 0.0107. The van der Waals surface area contributed by atoms with E-state index in [0.29, 0.717) is 37.5 Å². The van der Waals surface area contributed by atoms with Crippen LogP contribution in [-0.2, 0) is 4.79 Å². The van der Waals surface area contributed by atoms with E-state index in [1.54, 1.807) is 17.9 Å². The molecule has 0 aliphatic carbocycles. The van der Waals surface area contributed by atoms with Crippen molar-refractivity contribution in [1.82, 2.24) is 15.1 Å². The number of hydrogen-bond donors (Lipinski definition) is 1. The van der Waals surface area contributed by atoms with Gasteiger partial charge in [0.25, 0.3) is 5.91 Å². The predicted octanol–water partition coefficient (Wildman–Crippen LogP) is 0.792. The van der Waals surface area contributed by atoms with Crippen LogP contribution in [0.25, 0.3) is 0 Å². The van der Waals surface area contributed by atoms with Crippen molar-refractivity contribution >= 4 is 11.8 Å². The van der Waals surface area contributed by atoms with Gasteiger partial charge < -0.3 is 14.6 Å². The van der Waals surface area contributed by atoms with Gasteiger partial charge in [-0.15, -0.1) is 6.42 Å². The Balaban J connectivity index is 1.91. The molecular weight excluding hydrogens is 294 g/mol. The van der Waals surface area contributed by atoms with Gasteiger partial charge in [-0.3, -0.25) is 14.5 Å². The Labute approximate surface area is 136 Å². The summed E-state index contributed by atoms with van der Waals surface area (Å²) in [7, 11) is 0. The third-order valence-corrected chi connectivity index (χ3v) is 4.16. The summed E-state index contributed by atoms with van der Waals surface area (Å²) < 4.78 is 5.43. The first-order valence-corrected chi connectivity index (χ1v) is 7.75. The molecule has 1 aliphatic rings. The first-order valence-electron chi connectivity index (χ1n) is 7.75. The van der Waals surface area contributed by atoms with Crippen molar-refractivity contribution in [2.24, 2.45) is 0 Å². The van der Waals surface area contributed by atoms with Gasteiger partial charge in [-0.1, -0.05) is 5.92 Å². The maximum Gasteiger partial charge on any atom is 0.257 e. The normalized spacial score (nSPS) is 16.7. The molecule has 0 radical (unpaired) electrons. The lowest BCUT2D eigenvalue weighted by Gasteiger charge is -2.37. The van der Waals surface area contributed by atoms with Crippen LogP contribution in [0, 0.1) is 26.2 Å². The van der Waals surface area contributed by atoms with E-state index in [4.69, 9.17) is 10.8 Å². The molecule has 6 nitrogen and oxygen atoms in total. The fourth-order valence-electron chi connectivity index (χ4n) is 2.78. The predicted molar refractivity (Wildman–Crippen MR) is 87.0 cm³/mol. The Morgan fingerprint density at radius 3 is 2.52 bits per heavy atom. The number of piperazine rings is 1. The second kappa shape index (κ2) is 7.34. The Hall–Kier alpha value is -2.26. The number of carbonyl (C=O) groups excluding carboxylic acids is 2. The lowest BCUT2D eigenvalue weighted by atomic mass is 10.1. The van der Waals surface area contributed by atoms with Gasteiger partial charge >= 0.3 is 0 Å². The first kappa shape index (κ1) is 17.1. The van der Waals surface area contributed by atoms with Crippen LogP contribution < -0.4 is 5.32 Å². The van der Waals surface area contributed by atoms with Crippen LogP contribution in [0.5, 0.6) is 0 Å². The molecular formula is C17H23N3O3. The van der Waals surface area contributed by atoms with Crippen molar-refractivity contribution in [3.05, 3.63) is 23.2 Å². The van der Waals surface area contributed by atoms with Gasteiger partial charge in [-0.2, -0.15) is 0 Å². The number of hydrogen-bond acceptors (Lipinski definition) is 4. The minimum Gasteiger partial charge on any atom is -0.466 e. The quantitative estimate of drug-likeness (QED) is 0.834. The summed E-state index contributed by atoms with van der Waals surface area (Å²) in [5, 5.41) is 2.69. The zero-order valence-corrected chi connectivity index (χ0v) is 13.9. The number of nitrogens with one attached hydrogen (secondary N) is 1. The van der Waals surface area contributed by atoms with E-state index in [0.717, 1.165) is 5.76 Å². The molecule has 0 saturated carbocycles. The highest BCUT2D eigenvalue weighted by molar-refractivity contribution is 5.95. The van der Waals surface area contributed by atoms with Crippen LogP contribution >= 0.6 is 0 Å². The number of nitrogens with zero attached hydrogens (tertiary/aromatic N) is 2. The van der Waals surface area contributed by atoms with E-state index < -0.39 is 0 Å². The van der Waals surface area contributed by atoms with Crippen molar-refractivity contribution in [2.45, 2.75) is 26.8 Å². The highest BCUT2D eigenvalue weighted by Gasteiger charge is 2.28. The Morgan fingerprint density at radius 2 is 2.00 bits per heavy atom. The molecule has 1 N–H and O–H groups in total. The number of aryl methyl sites for hydroxylation is 2. The third kappa shape index (κ3) is 3.93. The molecule has 1 saturated heterocycles. The van der Waals surface area contributed by atoms with Gasteiger partial charge in [0.15, 0.2) is 0 Å². The standard InChI is InChI=1S/C17H23N3O3/c1-5-6-18-16(21)13(3)19-7-9-20(10-8-19)17(22)15-11-12(2)23-14(15)4/h1,11,13H,6-10H2,2-4H3,(H,18,21). The zero-order valence-electron chi connectivity index (χ0n) is 13.9. The number of carbonyl (C=O) groups is 2. The fourth-order valence-corrected chi connectivity index (χ4v) is 2.78. The minimum atomic E-state index is -0.251. The van der Waals surface area contributed by atoms with Crippen LogP contribution in [0.4, 0.5) is 0 Å². The van der Waals surface area contributed by atoms with Gasteiger partial charge in [0, 0.05) is 26.2 Å². The van der Waals surface area contributed by atoms with Crippen LogP contribution in [-0.4, -0.2) is 60.4 Å². The average molecular weight is 317 g/mol. The number of terminal acetylenes is 1. The largest absolute Gasteiger partial charge is 0.466 e. The van der Waals surface area contributed by atoms with Gasteiger partial charge in [-0.25, -0.2) is 0 Å². The molecule has 1 fully saturated rings. The van der Waals surface area contributed by atoms with Crippen molar-refractivity contribution in [2.75, 3.05) is 32.7 Å². The summed E-state index contributed by atoms with van der Waals surface area (Å²) in [6.07, 6.45) is 5.15. The van der Waals surface area contributed by atoms with Crippen LogP contribution in [0.1, 0.15) is 28.8 Å². The van der Waals surface area contributed by atoms with Crippen LogP contribution in [0.15, 0.2) is 10.5 Å². The monoisotopic (exact) mass is 317 g/mol. The summed E-state index contributed by atoms with van der Waals surface area (Å²) in [6.45, 7) is 8.23. The smallest absolute Gasteiger partial charge is 0.257 e. The van der Waals surface area contributed by atoms with E-state index >= 15 is 0 Å². The molecule has 2 amide bonds. The van der Waals surface area contributed by atoms with Crippen molar-refractivity contribution in [1.29, 1.82) is 0 Å². The fraction of sp³-hybridized carbons (Fsp3) is 0.529. The van der Waals surface area contributed by atoms with Gasteiger partial charge in [-0.05, 0) is 26.8 Å². The molecule has 0 bridgehead atoms. The summed E-state index contributed by atoms with van der Waals surface area (Å²) in [5.41, 5.74) is 0.621. The first-order chi connectivity index (χ1) is 10.9. The Kier molecular flexibility index (Phi) is 5.45. The Morgan fingerprint density at radius 1 is 1.35 bits per heavy atom. The van der Waals surface area contributed by atoms with E-state index in [1.807, 2.05) is 13.8 Å². The summed E-state index contributed by atoms with van der Waals surface area (Å²) in [5.74, 6) is 3.69. The zero-order chi connectivity index (χ0) is 17.0. The Bertz CT molecular complexity index is 622. The molecule has 1 aromatic rings. The van der Waals surface area contributed by atoms with Gasteiger partial charge in [0.1, 0.15) is 11.5 Å². The molecule has 1 atom stereocenters.